The van der Waals surface area contributed by atoms with Crippen LogP contribution in [0.5, 0.6) is 23.0 Å². The number of para-hydroxylation sites is 8. The minimum atomic E-state index is -0.00196. The van der Waals surface area contributed by atoms with Gasteiger partial charge in [0.05, 0.1) is 41.0 Å². The van der Waals surface area contributed by atoms with Crippen molar-refractivity contribution in [3.05, 3.63) is 216 Å². The number of ether oxygens (including phenoxy) is 1. The molecule has 0 saturated heterocycles. The van der Waals surface area contributed by atoms with Gasteiger partial charge in [0.2, 0.25) is 0 Å². The molecule has 0 atom stereocenters. The van der Waals surface area contributed by atoms with Crippen LogP contribution in [0.3, 0.4) is 0 Å². The molecule has 96 heavy (non-hydrogen) atoms. The molecule has 0 aliphatic carbocycles. The van der Waals surface area contributed by atoms with Crippen LogP contribution in [0.4, 0.5) is 22.7 Å². The average molecular weight is 1800 g/mol. The molecule has 0 unspecified atom stereocenters. The number of hydrogen-bond acceptors (Lipinski definition) is 16. The van der Waals surface area contributed by atoms with E-state index in [4.69, 9.17) is 20.5 Å². The van der Waals surface area contributed by atoms with E-state index < -0.39 is 0 Å². The first-order valence-corrected chi connectivity index (χ1v) is 30.0. The van der Waals surface area contributed by atoms with Crippen LogP contribution in [0.1, 0.15) is 56.9 Å². The van der Waals surface area contributed by atoms with Crippen molar-refractivity contribution in [2.75, 3.05) is 38.2 Å². The summed E-state index contributed by atoms with van der Waals surface area (Å²) in [6, 6.07) is 64.3. The Morgan fingerprint density at radius 3 is 0.594 bits per heavy atom. The van der Waals surface area contributed by atoms with Crippen molar-refractivity contribution in [3.8, 4) is 41.2 Å². The van der Waals surface area contributed by atoms with Crippen molar-refractivity contribution in [2.24, 2.45) is 20.0 Å². The van der Waals surface area contributed by atoms with Gasteiger partial charge in [0.15, 0.2) is 0 Å². The van der Waals surface area contributed by atoms with Crippen molar-refractivity contribution < 1.29 is 223 Å². The van der Waals surface area contributed by atoms with Gasteiger partial charge < -0.3 is 124 Å². The molecule has 0 aromatic heterocycles. The summed E-state index contributed by atoms with van der Waals surface area (Å²) in [6.07, 6.45) is 14.5. The van der Waals surface area contributed by atoms with Crippen LogP contribution in [0, 0.1) is 34.0 Å². The van der Waals surface area contributed by atoms with Crippen LogP contribution in [-0.4, -0.2) is 63.1 Å². The van der Waals surface area contributed by atoms with Crippen molar-refractivity contribution in [3.63, 3.8) is 0 Å². The maximum atomic E-state index is 11.5. The maximum Gasteiger partial charge on any atom is 2.00 e. The fourth-order valence-electron chi connectivity index (χ4n) is 6.05. The third kappa shape index (κ3) is 55.5. The van der Waals surface area contributed by atoms with E-state index in [1.165, 1.54) is 20.8 Å². The van der Waals surface area contributed by atoms with Crippen LogP contribution in [0.25, 0.3) is 0 Å². The first kappa shape index (κ1) is 126. The molecular weight excluding hydrogens is 1730 g/mol. The fraction of sp³-hybridized carbons (Fsp3) is 0.167. The number of nitrogens with zero attached hydrogens (tertiary/aromatic N) is 7. The second kappa shape index (κ2) is 84.2. The van der Waals surface area contributed by atoms with E-state index in [9.17, 15) is 20.4 Å². The molecular formula is C66H67Cl8N7Ni6O5S4. The number of rotatable bonds is 14. The zero-order valence-corrected chi connectivity index (χ0v) is 67.7. The molecule has 30 heteroatoms. The van der Waals surface area contributed by atoms with Crippen LogP contribution >= 0.6 is 47.0 Å². The predicted octanol–water partition coefficient (Wildman–Crippen LogP) is -8.42. The van der Waals surface area contributed by atoms with Crippen molar-refractivity contribution in [1.82, 2.24) is 0 Å². The fourth-order valence-corrected chi connectivity index (χ4v) is 8.23. The summed E-state index contributed by atoms with van der Waals surface area (Å²) in [6.45, 7) is 9.96. The van der Waals surface area contributed by atoms with Crippen molar-refractivity contribution in [1.29, 1.82) is 15.8 Å². The van der Waals surface area contributed by atoms with Gasteiger partial charge in [-0.25, -0.2) is 0 Å². The summed E-state index contributed by atoms with van der Waals surface area (Å²) in [5.74, 6) is -0.00784. The molecule has 0 N–H and O–H groups in total. The number of halogens is 8. The number of thioether (sulfide) groups is 4. The summed E-state index contributed by atoms with van der Waals surface area (Å²) in [7, 11) is 0. The van der Waals surface area contributed by atoms with Crippen molar-refractivity contribution >= 4 is 94.7 Å². The van der Waals surface area contributed by atoms with Crippen LogP contribution in [0.15, 0.2) is 234 Å². The molecule has 8 rings (SSSR count). The molecule has 0 amide bonds. The molecule has 0 fully saturated rings. The smallest absolute Gasteiger partial charge is 1.00 e. The van der Waals surface area contributed by atoms with E-state index in [-0.39, 0.29) is 221 Å². The Hall–Kier alpha value is -3.25. The average Bonchev–Trinajstić information content (AvgIpc) is 1.22. The molecule has 0 aliphatic rings. The van der Waals surface area contributed by atoms with Gasteiger partial charge in [-0.2, -0.15) is 15.8 Å². The van der Waals surface area contributed by atoms with E-state index in [0.717, 1.165) is 55.5 Å². The zero-order chi connectivity index (χ0) is 60.6. The summed E-state index contributed by atoms with van der Waals surface area (Å²) in [5.41, 5.74) is 6.02. The largest absolute Gasteiger partial charge is 2.00 e. The van der Waals surface area contributed by atoms with E-state index in [1.54, 1.807) is 163 Å². The Kier molecular flexibility index (Phi) is 110. The van der Waals surface area contributed by atoms with Gasteiger partial charge in [0.1, 0.15) is 0 Å². The van der Waals surface area contributed by atoms with E-state index in [0.29, 0.717) is 22.3 Å². The van der Waals surface area contributed by atoms with Gasteiger partial charge >= 0.3 is 98.9 Å². The molecule has 0 spiro atoms. The van der Waals surface area contributed by atoms with Crippen LogP contribution in [-0.2, 0) is 104 Å². The van der Waals surface area contributed by atoms with Gasteiger partial charge in [-0.15, -0.1) is 70.0 Å². The third-order valence-corrected chi connectivity index (χ3v) is 12.9. The zero-order valence-electron chi connectivity index (χ0n) is 52.4. The molecule has 0 radical (unpaired) electrons. The van der Waals surface area contributed by atoms with E-state index >= 15 is 0 Å². The minimum absolute atomic E-state index is 0. The molecule has 0 aliphatic heterocycles. The quantitative estimate of drug-likeness (QED) is 0.0563. The second-order valence-corrected chi connectivity index (χ2v) is 18.7. The topological polar surface area (TPSA) is 222 Å². The van der Waals surface area contributed by atoms with E-state index in [1.807, 2.05) is 160 Å². The molecule has 0 heterocycles. The molecule has 8 aromatic rings. The standard InChI is InChI=1S/4C14H13NOS.C4H10O.3C2H3N.8ClH.6Ni/c4*1-17-14-9-5-3-7-12(14)15-10-11-6-2-4-8-13(11)16;1-3-5-4-2;3*1-2-3;;;;;;;;;;;;;;/h4*2-10,16H,1H3;3-4H2,1-2H3;3*1H3;8*1H;;;;;;/q;;;;;;;;;;;;;;;;6*+2/p-12. The number of hydrogen-bond donors (Lipinski definition) is 0. The Balaban J connectivity index is -0.0000000697. The Bertz CT molecular complexity index is 2960. The molecule has 536 valence electrons. The Morgan fingerprint density at radius 1 is 0.312 bits per heavy atom. The van der Waals surface area contributed by atoms with E-state index in [2.05, 4.69) is 20.0 Å². The minimum Gasteiger partial charge on any atom is -1.00 e. The molecule has 8 aromatic carbocycles. The number of nitriles is 3. The van der Waals surface area contributed by atoms with Gasteiger partial charge in [-0.3, -0.25) is 20.0 Å². The Labute approximate surface area is 695 Å². The monoisotopic (exact) mass is 1790 g/mol. The van der Waals surface area contributed by atoms with Crippen molar-refractivity contribution in [2.45, 2.75) is 54.2 Å². The van der Waals surface area contributed by atoms with Crippen LogP contribution < -0.4 is 120 Å². The summed E-state index contributed by atoms with van der Waals surface area (Å²) < 4.78 is 4.83. The number of benzene rings is 8. The van der Waals surface area contributed by atoms with Gasteiger partial charge in [0.25, 0.3) is 0 Å². The van der Waals surface area contributed by atoms with Gasteiger partial charge in [-0.1, -0.05) is 146 Å². The first-order chi connectivity index (χ1) is 39.9. The van der Waals surface area contributed by atoms with Crippen LogP contribution in [0.2, 0.25) is 0 Å². The maximum absolute atomic E-state index is 11.5. The molecule has 12 nitrogen and oxygen atoms in total. The first-order valence-electron chi connectivity index (χ1n) is 25.1. The van der Waals surface area contributed by atoms with Gasteiger partial charge in [-0.05, 0) is 110 Å². The summed E-state index contributed by atoms with van der Waals surface area (Å²) in [4.78, 5) is 21.9. The predicted molar refractivity (Wildman–Crippen MR) is 341 cm³/mol. The SMILES string of the molecule is CC#N.CC#N.CC#N.CCOCC.CSc1ccccc1N=Cc1ccccc1[O-].CSc1ccccc1N=Cc1ccccc1[O-].CSc1ccccc1N=Cc1ccccc1[O-].CSc1ccccc1N=Cc1ccccc1[O-].[Cl-].[Cl-].[Cl-].[Cl-].[Cl-].[Cl-].[Cl-].[Cl-].[Ni+2].[Ni+2].[Ni+2].[Ni+2].[Ni+2].[Ni+2]. The molecule has 0 bridgehead atoms. The molecule has 0 saturated carbocycles. The summed E-state index contributed by atoms with van der Waals surface area (Å²) >= 11 is 6.57. The normalized spacial score (nSPS) is 8.40. The summed E-state index contributed by atoms with van der Waals surface area (Å²) in [5, 5.41) is 68.0. The number of aliphatic imine (C=N–C) groups is 4. The third-order valence-electron chi connectivity index (χ3n) is 9.80. The Morgan fingerprint density at radius 2 is 0.458 bits per heavy atom. The second-order valence-electron chi connectivity index (χ2n) is 15.3. The van der Waals surface area contributed by atoms with Gasteiger partial charge in [0, 0.05) is 78.4 Å².